The largest absolute Gasteiger partial charge is 0.394 e. The third-order valence-corrected chi connectivity index (χ3v) is 6.74. The Labute approximate surface area is 167 Å². The van der Waals surface area contributed by atoms with Crippen LogP contribution in [0.15, 0.2) is 12.2 Å². The summed E-state index contributed by atoms with van der Waals surface area (Å²) in [4.78, 5) is 12.6. The summed E-state index contributed by atoms with van der Waals surface area (Å²) < 4.78 is 11.7. The van der Waals surface area contributed by atoms with E-state index in [-0.39, 0.29) is 31.5 Å². The molecule has 0 aromatic carbocycles. The first kappa shape index (κ1) is 23.4. The van der Waals surface area contributed by atoms with Crippen LogP contribution in [0, 0.1) is 11.3 Å². The quantitative estimate of drug-likeness (QED) is 0.491. The number of ketones is 1. The van der Waals surface area contributed by atoms with Gasteiger partial charge >= 0.3 is 0 Å². The molecule has 2 aliphatic heterocycles. The Balaban J connectivity index is 2.00. The van der Waals surface area contributed by atoms with E-state index in [1.165, 1.54) is 0 Å². The number of ether oxygens (including phenoxy) is 2. The molecule has 4 N–H and O–H groups in total. The Morgan fingerprint density at radius 1 is 1.29 bits per heavy atom. The SMILES string of the molecule is C=C1C[C@](C)([C@H](O)C(=O)CC[C@H]2O[C@H](CO)C(C)(C)[C@H](O)[C@H]2O)O[C@H](C)[C@@H]1C. The highest BCUT2D eigenvalue weighted by Crippen LogP contribution is 2.39. The number of Topliss-reactive ketones (excluding diaryl/α,β-unsaturated/α-hetero) is 1. The van der Waals surface area contributed by atoms with Crippen LogP contribution in [-0.2, 0) is 14.3 Å². The number of hydrogen-bond donors (Lipinski definition) is 4. The number of hydrogen-bond acceptors (Lipinski definition) is 7. The molecule has 2 fully saturated rings. The molecule has 2 rings (SSSR count). The lowest BCUT2D eigenvalue weighted by atomic mass is 9.74. The van der Waals surface area contributed by atoms with Crippen molar-refractivity contribution in [2.24, 2.45) is 11.3 Å². The third kappa shape index (κ3) is 4.35. The second-order valence-corrected chi connectivity index (χ2v) is 9.27. The van der Waals surface area contributed by atoms with Crippen molar-refractivity contribution in [1.82, 2.24) is 0 Å². The molecule has 2 saturated heterocycles. The Kier molecular flexibility index (Phi) is 7.12. The predicted molar refractivity (Wildman–Crippen MR) is 104 cm³/mol. The predicted octanol–water partition coefficient (Wildman–Crippen LogP) is 0.964. The van der Waals surface area contributed by atoms with Gasteiger partial charge in [-0.05, 0) is 20.3 Å². The van der Waals surface area contributed by atoms with Crippen LogP contribution in [0.2, 0.25) is 0 Å². The smallest absolute Gasteiger partial charge is 0.164 e. The van der Waals surface area contributed by atoms with Crippen LogP contribution in [0.25, 0.3) is 0 Å². The van der Waals surface area contributed by atoms with Gasteiger partial charge in [-0.1, -0.05) is 32.9 Å². The zero-order chi connectivity index (χ0) is 21.4. The summed E-state index contributed by atoms with van der Waals surface area (Å²) in [6.45, 7) is 12.8. The molecule has 7 heteroatoms. The molecule has 0 amide bonds. The molecule has 0 spiro atoms. The molecule has 0 bridgehead atoms. The second kappa shape index (κ2) is 8.50. The zero-order valence-corrected chi connectivity index (χ0v) is 17.6. The van der Waals surface area contributed by atoms with Crippen molar-refractivity contribution in [2.75, 3.05) is 6.61 Å². The highest BCUT2D eigenvalue weighted by atomic mass is 16.5. The van der Waals surface area contributed by atoms with Crippen LogP contribution >= 0.6 is 0 Å². The topological polar surface area (TPSA) is 116 Å². The molecule has 2 aliphatic rings. The zero-order valence-electron chi connectivity index (χ0n) is 17.6. The van der Waals surface area contributed by atoms with Gasteiger partial charge in [0.1, 0.15) is 17.8 Å². The summed E-state index contributed by atoms with van der Waals surface area (Å²) in [6, 6.07) is 0. The maximum Gasteiger partial charge on any atom is 0.164 e. The summed E-state index contributed by atoms with van der Waals surface area (Å²) in [7, 11) is 0. The van der Waals surface area contributed by atoms with Gasteiger partial charge in [-0.2, -0.15) is 0 Å². The first-order chi connectivity index (χ1) is 12.8. The van der Waals surface area contributed by atoms with Gasteiger partial charge in [-0.25, -0.2) is 0 Å². The molecule has 0 aliphatic carbocycles. The fourth-order valence-electron chi connectivity index (χ4n) is 4.25. The molecular weight excluding hydrogens is 364 g/mol. The summed E-state index contributed by atoms with van der Waals surface area (Å²) in [5, 5.41) is 40.9. The fraction of sp³-hybridized carbons (Fsp3) is 0.857. The highest BCUT2D eigenvalue weighted by Gasteiger charge is 2.50. The first-order valence-corrected chi connectivity index (χ1v) is 10.0. The van der Waals surface area contributed by atoms with Crippen molar-refractivity contribution in [1.29, 1.82) is 0 Å². The summed E-state index contributed by atoms with van der Waals surface area (Å²) in [5.41, 5.74) is -0.915. The van der Waals surface area contributed by atoms with Crippen LogP contribution in [0.1, 0.15) is 53.9 Å². The maximum atomic E-state index is 12.6. The fourth-order valence-corrected chi connectivity index (χ4v) is 4.25. The molecule has 2 heterocycles. The summed E-state index contributed by atoms with van der Waals surface area (Å²) in [6.07, 6.45) is -4.71. The minimum Gasteiger partial charge on any atom is -0.394 e. The van der Waals surface area contributed by atoms with Crippen molar-refractivity contribution in [2.45, 2.75) is 96.1 Å². The first-order valence-electron chi connectivity index (χ1n) is 10.0. The van der Waals surface area contributed by atoms with Crippen LogP contribution in [-0.4, -0.2) is 75.0 Å². The molecular formula is C21H36O7. The molecule has 28 heavy (non-hydrogen) atoms. The van der Waals surface area contributed by atoms with E-state index in [4.69, 9.17) is 9.47 Å². The summed E-state index contributed by atoms with van der Waals surface area (Å²) >= 11 is 0. The number of carbonyl (C=O) groups excluding carboxylic acids is 1. The van der Waals surface area contributed by atoms with E-state index in [9.17, 15) is 25.2 Å². The molecule has 8 atom stereocenters. The monoisotopic (exact) mass is 400 g/mol. The van der Waals surface area contributed by atoms with E-state index >= 15 is 0 Å². The lowest BCUT2D eigenvalue weighted by Crippen LogP contribution is -2.60. The van der Waals surface area contributed by atoms with Crippen LogP contribution in [0.3, 0.4) is 0 Å². The van der Waals surface area contributed by atoms with E-state index in [1.807, 2.05) is 13.8 Å². The average Bonchev–Trinajstić information content (AvgIpc) is 2.62. The van der Waals surface area contributed by atoms with Crippen molar-refractivity contribution < 1.29 is 34.7 Å². The second-order valence-electron chi connectivity index (χ2n) is 9.27. The lowest BCUT2D eigenvalue weighted by molar-refractivity contribution is -0.239. The molecule has 0 aromatic rings. The lowest BCUT2D eigenvalue weighted by Gasteiger charge is -2.48. The van der Waals surface area contributed by atoms with Gasteiger partial charge in [-0.3, -0.25) is 4.79 Å². The van der Waals surface area contributed by atoms with Gasteiger partial charge in [0.15, 0.2) is 5.78 Å². The number of carbonyl (C=O) groups is 1. The Hall–Kier alpha value is -0.830. The van der Waals surface area contributed by atoms with Gasteiger partial charge in [0.2, 0.25) is 0 Å². The van der Waals surface area contributed by atoms with Crippen LogP contribution < -0.4 is 0 Å². The molecule has 162 valence electrons. The molecule has 0 unspecified atom stereocenters. The third-order valence-electron chi connectivity index (χ3n) is 6.74. The molecule has 0 aromatic heterocycles. The number of aliphatic hydroxyl groups excluding tert-OH is 4. The normalized spacial score (nSPS) is 42.2. The van der Waals surface area contributed by atoms with Gasteiger partial charge < -0.3 is 29.9 Å². The minimum atomic E-state index is -1.32. The van der Waals surface area contributed by atoms with Crippen molar-refractivity contribution in [3.63, 3.8) is 0 Å². The van der Waals surface area contributed by atoms with Crippen LogP contribution in [0.4, 0.5) is 0 Å². The van der Waals surface area contributed by atoms with Crippen LogP contribution in [0.5, 0.6) is 0 Å². The van der Waals surface area contributed by atoms with Gasteiger partial charge in [0.05, 0.1) is 31.0 Å². The Bertz CT molecular complexity index is 585. The van der Waals surface area contributed by atoms with E-state index in [0.29, 0.717) is 6.42 Å². The molecule has 7 nitrogen and oxygen atoms in total. The highest BCUT2D eigenvalue weighted by molar-refractivity contribution is 5.84. The van der Waals surface area contributed by atoms with Crippen molar-refractivity contribution in [3.05, 3.63) is 12.2 Å². The van der Waals surface area contributed by atoms with E-state index < -0.39 is 47.3 Å². The Morgan fingerprint density at radius 2 is 1.89 bits per heavy atom. The van der Waals surface area contributed by atoms with Gasteiger partial charge in [0, 0.05) is 24.2 Å². The van der Waals surface area contributed by atoms with Crippen molar-refractivity contribution in [3.8, 4) is 0 Å². The minimum absolute atomic E-state index is 0.0381. The number of rotatable bonds is 6. The van der Waals surface area contributed by atoms with Crippen molar-refractivity contribution >= 4 is 5.78 Å². The Morgan fingerprint density at radius 3 is 2.43 bits per heavy atom. The standard InChI is InChI=1S/C21H36O7/c1-11-9-21(6,28-13(3)12(11)2)18(25)14(23)7-8-15-17(24)19(26)20(4,5)16(10-22)27-15/h12-13,15-19,22,24-26H,1,7-10H2,2-6H3/t12-,13-,15-,16-,17+,18-,19-,21-/m1/s1. The van der Waals surface area contributed by atoms with Gasteiger partial charge in [0.25, 0.3) is 0 Å². The number of aliphatic hydroxyl groups is 4. The molecule has 0 saturated carbocycles. The molecule has 0 radical (unpaired) electrons. The van der Waals surface area contributed by atoms with E-state index in [2.05, 4.69) is 6.58 Å². The van der Waals surface area contributed by atoms with Gasteiger partial charge in [-0.15, -0.1) is 0 Å². The summed E-state index contributed by atoms with van der Waals surface area (Å²) in [5.74, 6) is -0.255. The average molecular weight is 401 g/mol. The van der Waals surface area contributed by atoms with E-state index in [0.717, 1.165) is 5.57 Å². The maximum absolute atomic E-state index is 12.6. The van der Waals surface area contributed by atoms with E-state index in [1.54, 1.807) is 20.8 Å².